The first-order chi connectivity index (χ1) is 31.2. The molecule has 328 valence electrons. The summed E-state index contributed by atoms with van der Waals surface area (Å²) in [6, 6.07) is 32.5. The Morgan fingerprint density at radius 1 is 0.923 bits per heavy atom. The van der Waals surface area contributed by atoms with Gasteiger partial charge in [-0.1, -0.05) is 89.9 Å². The number of sulfonamides is 1. The number of rotatable bonds is 13. The van der Waals surface area contributed by atoms with E-state index in [-0.39, 0.29) is 30.9 Å². The number of benzene rings is 6. The van der Waals surface area contributed by atoms with Crippen molar-refractivity contribution < 1.29 is 42.3 Å². The van der Waals surface area contributed by atoms with Crippen molar-refractivity contribution in [2.24, 2.45) is 0 Å². The maximum Gasteiger partial charge on any atom is 0.326 e. The maximum atomic E-state index is 14.5. The molecule has 6 aromatic carbocycles. The van der Waals surface area contributed by atoms with Crippen LogP contribution in [0.25, 0.3) is 11.1 Å². The summed E-state index contributed by atoms with van der Waals surface area (Å²) in [5.74, 6) is -2.12. The lowest BCUT2D eigenvalue weighted by molar-refractivity contribution is -0.387. The normalized spacial score (nSPS) is 16.1. The number of nitrogens with zero attached hydrogens (tertiary/aromatic N) is 3. The number of carbonyl (C=O) groups is 3. The monoisotopic (exact) mass is 931 g/mol. The first-order valence-electron chi connectivity index (χ1n) is 19.9. The van der Waals surface area contributed by atoms with Crippen LogP contribution in [0, 0.1) is 21.4 Å². The first-order valence-corrected chi connectivity index (χ1v) is 22.1. The van der Waals surface area contributed by atoms with Gasteiger partial charge in [0.1, 0.15) is 30.2 Å². The third-order valence-corrected chi connectivity index (χ3v) is 13.7. The predicted octanol–water partition coefficient (Wildman–Crippen LogP) is 8.02. The Labute approximate surface area is 381 Å². The van der Waals surface area contributed by atoms with Gasteiger partial charge in [0.15, 0.2) is 4.90 Å². The van der Waals surface area contributed by atoms with Gasteiger partial charge in [-0.15, -0.1) is 0 Å². The van der Waals surface area contributed by atoms with Gasteiger partial charge in [-0.3, -0.25) is 19.7 Å². The second-order valence-corrected chi connectivity index (χ2v) is 17.9. The number of hydrogen-bond acceptors (Lipinski definition) is 10. The van der Waals surface area contributed by atoms with E-state index in [0.29, 0.717) is 43.6 Å². The Morgan fingerprint density at radius 2 is 1.60 bits per heavy atom. The molecule has 0 aromatic heterocycles. The molecule has 65 heavy (non-hydrogen) atoms. The van der Waals surface area contributed by atoms with Gasteiger partial charge in [0.05, 0.1) is 32.3 Å². The Bertz CT molecular complexity index is 3020. The zero-order chi connectivity index (χ0) is 46.0. The molecule has 2 heterocycles. The minimum absolute atomic E-state index is 0.165. The molecule has 18 heteroatoms. The Hall–Kier alpha value is -7.29. The molecule has 0 saturated heterocycles. The number of fused-ring (bicyclic) bond motifs is 2. The van der Waals surface area contributed by atoms with E-state index < -0.39 is 68.0 Å². The van der Waals surface area contributed by atoms with Crippen LogP contribution in [0.2, 0.25) is 10.0 Å². The van der Waals surface area contributed by atoms with Crippen LogP contribution in [0.3, 0.4) is 0 Å². The number of para-hydroxylation sites is 1. The first kappa shape index (κ1) is 44.3. The second kappa shape index (κ2) is 18.4. The lowest BCUT2D eigenvalue weighted by atomic mass is 9.93. The molecule has 2 aliphatic heterocycles. The van der Waals surface area contributed by atoms with E-state index in [0.717, 1.165) is 33.1 Å². The maximum absolute atomic E-state index is 14.5. The number of carboxylic acid groups (broad SMARTS) is 1. The van der Waals surface area contributed by atoms with Gasteiger partial charge < -0.3 is 25.2 Å². The Balaban J connectivity index is 1.04. The zero-order valence-electron chi connectivity index (χ0n) is 33.8. The highest BCUT2D eigenvalue weighted by Crippen LogP contribution is 2.41. The summed E-state index contributed by atoms with van der Waals surface area (Å²) in [5.41, 5.74) is 4.35. The molecular formula is C47H35Cl2N5O10S. The number of halogens is 2. The van der Waals surface area contributed by atoms with E-state index >= 15 is 0 Å². The standard InChI is InChI=1S/C47H35Cl2N5O10S/c48-36-18-9-29(19-37(36)49)26-63-35-16-14-32(15-17-35)44-46(56)51-38-21-33-22-41(53(25-34(33)23-42(38)64-44)65(61,62)43-4-2-1-3-40(43)54(59)60)45(55)52-39(47(57)58)20-27-5-10-30(11-6-27)31-12-7-28(24-50)8-13-31/h1-19,21,23,39,41,44H,20,22,25-26H2,(H,51,56)(H,52,55)(H,57,58)/t39?,41-,44-/m0/s1. The van der Waals surface area contributed by atoms with E-state index in [1.54, 1.807) is 103 Å². The van der Waals surface area contributed by atoms with Crippen LogP contribution < -0.4 is 20.1 Å². The third-order valence-electron chi connectivity index (χ3n) is 11.0. The van der Waals surface area contributed by atoms with E-state index in [4.69, 9.17) is 37.9 Å². The number of nitro groups is 1. The van der Waals surface area contributed by atoms with E-state index in [9.17, 15) is 38.0 Å². The fraction of sp³-hybridized carbons (Fsp3) is 0.149. The Morgan fingerprint density at radius 3 is 2.26 bits per heavy atom. The molecule has 0 saturated carbocycles. The molecule has 0 fully saturated rings. The van der Waals surface area contributed by atoms with Gasteiger partial charge in [0, 0.05) is 24.6 Å². The predicted molar refractivity (Wildman–Crippen MR) is 239 cm³/mol. The highest BCUT2D eigenvalue weighted by atomic mass is 35.5. The van der Waals surface area contributed by atoms with Crippen molar-refractivity contribution in [3.05, 3.63) is 181 Å². The largest absolute Gasteiger partial charge is 0.489 e. The van der Waals surface area contributed by atoms with Gasteiger partial charge in [0.2, 0.25) is 12.0 Å². The topological polar surface area (TPSA) is 218 Å². The van der Waals surface area contributed by atoms with Crippen LogP contribution in [0.5, 0.6) is 11.5 Å². The van der Waals surface area contributed by atoms with Crippen LogP contribution in [-0.2, 0) is 50.4 Å². The molecule has 1 unspecified atom stereocenters. The second-order valence-electron chi connectivity index (χ2n) is 15.2. The fourth-order valence-electron chi connectivity index (χ4n) is 7.62. The van der Waals surface area contributed by atoms with Crippen LogP contribution >= 0.6 is 23.2 Å². The molecule has 0 radical (unpaired) electrons. The lowest BCUT2D eigenvalue weighted by Gasteiger charge is -2.36. The minimum atomic E-state index is -4.81. The highest BCUT2D eigenvalue weighted by Gasteiger charge is 2.44. The van der Waals surface area contributed by atoms with Crippen molar-refractivity contribution in [3.8, 4) is 28.7 Å². The van der Waals surface area contributed by atoms with Crippen molar-refractivity contribution in [2.45, 2.75) is 49.1 Å². The molecule has 0 spiro atoms. The number of carbonyl (C=O) groups excluding carboxylic acids is 2. The number of amides is 2. The van der Waals surface area contributed by atoms with Crippen molar-refractivity contribution in [3.63, 3.8) is 0 Å². The van der Waals surface area contributed by atoms with Gasteiger partial charge in [-0.05, 0) is 94.4 Å². The number of aliphatic carboxylic acids is 1. The molecule has 15 nitrogen and oxygen atoms in total. The molecule has 8 rings (SSSR count). The zero-order valence-corrected chi connectivity index (χ0v) is 36.1. The SMILES string of the molecule is N#Cc1ccc(-c2ccc(CC(NC(=O)[C@@H]3Cc4cc5c(cc4CN3S(=O)(=O)c3ccccc3[N+](=O)[O-])O[C@@H](c3ccc(OCc4ccc(Cl)c(Cl)c4)cc3)C(=O)N5)C(=O)O)cc2)cc1. The quantitative estimate of drug-likeness (QED) is 0.0744. The molecule has 3 N–H and O–H groups in total. The Kier molecular flexibility index (Phi) is 12.6. The average Bonchev–Trinajstić information content (AvgIpc) is 3.30. The van der Waals surface area contributed by atoms with Crippen molar-refractivity contribution >= 4 is 62.4 Å². The van der Waals surface area contributed by atoms with E-state index in [1.807, 2.05) is 0 Å². The summed E-state index contributed by atoms with van der Waals surface area (Å²) >= 11 is 12.1. The molecule has 2 aliphatic rings. The molecular weight excluding hydrogens is 898 g/mol. The van der Waals surface area contributed by atoms with Crippen LogP contribution in [0.1, 0.15) is 39.5 Å². The smallest absolute Gasteiger partial charge is 0.326 e. The molecule has 6 aromatic rings. The summed E-state index contributed by atoms with van der Waals surface area (Å²) in [6.07, 6.45) is -1.57. The van der Waals surface area contributed by atoms with Crippen LogP contribution in [-0.4, -0.2) is 52.6 Å². The minimum Gasteiger partial charge on any atom is -0.489 e. The van der Waals surface area contributed by atoms with E-state index in [1.165, 1.54) is 12.1 Å². The van der Waals surface area contributed by atoms with Crippen molar-refractivity contribution in [1.29, 1.82) is 5.26 Å². The van der Waals surface area contributed by atoms with Gasteiger partial charge >= 0.3 is 5.97 Å². The number of nitriles is 1. The van der Waals surface area contributed by atoms with Gasteiger partial charge in [-0.2, -0.15) is 9.57 Å². The van der Waals surface area contributed by atoms with E-state index in [2.05, 4.69) is 16.7 Å². The number of carboxylic acids is 1. The van der Waals surface area contributed by atoms with Crippen molar-refractivity contribution in [1.82, 2.24) is 9.62 Å². The molecule has 0 aliphatic carbocycles. The summed E-state index contributed by atoms with van der Waals surface area (Å²) in [7, 11) is -4.81. The summed E-state index contributed by atoms with van der Waals surface area (Å²) in [5, 5.41) is 37.6. The number of nitrogens with one attached hydrogen (secondary N) is 2. The number of nitro benzene ring substituents is 1. The van der Waals surface area contributed by atoms with Gasteiger partial charge in [0.25, 0.3) is 21.6 Å². The van der Waals surface area contributed by atoms with Gasteiger partial charge in [-0.25, -0.2) is 13.2 Å². The van der Waals surface area contributed by atoms with Crippen LogP contribution in [0.4, 0.5) is 11.4 Å². The van der Waals surface area contributed by atoms with Crippen molar-refractivity contribution in [2.75, 3.05) is 5.32 Å². The summed E-state index contributed by atoms with van der Waals surface area (Å²) < 4.78 is 41.9. The highest BCUT2D eigenvalue weighted by molar-refractivity contribution is 7.89. The summed E-state index contributed by atoms with van der Waals surface area (Å²) in [6.45, 7) is -0.254. The fourth-order valence-corrected chi connectivity index (χ4v) is 9.67. The molecule has 3 atom stereocenters. The average molecular weight is 933 g/mol. The number of hydrogen-bond donors (Lipinski definition) is 3. The molecule has 0 bridgehead atoms. The third kappa shape index (κ3) is 9.49. The van der Waals surface area contributed by atoms with Crippen LogP contribution in [0.15, 0.2) is 132 Å². The molecule has 2 amide bonds. The lowest BCUT2D eigenvalue weighted by Crippen LogP contribution is -2.55. The number of ether oxygens (including phenoxy) is 2. The number of anilines is 1. The summed E-state index contributed by atoms with van der Waals surface area (Å²) in [4.78, 5) is 50.9.